The van der Waals surface area contributed by atoms with E-state index in [1.165, 1.54) is 4.90 Å². The Kier molecular flexibility index (Phi) is 6.44. The number of carbonyl (C=O) groups is 2. The van der Waals surface area contributed by atoms with E-state index in [4.69, 9.17) is 9.16 Å². The van der Waals surface area contributed by atoms with E-state index in [9.17, 15) is 9.59 Å². The average molecular weight is 344 g/mol. The van der Waals surface area contributed by atoms with Crippen LogP contribution in [0.2, 0.25) is 18.1 Å². The lowest BCUT2D eigenvalue weighted by atomic mass is 9.89. The fourth-order valence-electron chi connectivity index (χ4n) is 3.04. The molecule has 1 fully saturated rings. The molecule has 1 rings (SSSR count). The van der Waals surface area contributed by atoms with E-state index in [-0.39, 0.29) is 17.9 Å². The number of nitrogens with zero attached hydrogens (tertiary/aromatic N) is 1. The molecule has 0 aliphatic carbocycles. The summed E-state index contributed by atoms with van der Waals surface area (Å²) in [5, 5.41) is 0. The molecular formula is C17H33NO4Si. The summed E-state index contributed by atoms with van der Waals surface area (Å²) >= 11 is 0. The Bertz CT molecular complexity index is 432. The lowest BCUT2D eigenvalue weighted by molar-refractivity contribution is -0.165. The van der Waals surface area contributed by atoms with E-state index in [2.05, 4.69) is 20.8 Å². The van der Waals surface area contributed by atoms with E-state index < -0.39 is 26.1 Å². The molecule has 0 radical (unpaired) electrons. The highest BCUT2D eigenvalue weighted by Gasteiger charge is 2.56. The largest absolute Gasteiger partial charge is 0.443 e. The van der Waals surface area contributed by atoms with Gasteiger partial charge < -0.3 is 9.16 Å². The molecule has 6 heteroatoms. The highest BCUT2D eigenvalue weighted by atomic mass is 28.4. The molecule has 0 saturated carbocycles. The first-order valence-corrected chi connectivity index (χ1v) is 11.3. The zero-order valence-electron chi connectivity index (χ0n) is 15.9. The normalized spacial score (nSPS) is 22.3. The van der Waals surface area contributed by atoms with Gasteiger partial charge >= 0.3 is 6.09 Å². The van der Waals surface area contributed by atoms with Gasteiger partial charge in [-0.05, 0) is 44.8 Å². The maximum atomic E-state index is 12.6. The molecular weight excluding hydrogens is 310 g/mol. The molecule has 1 aliphatic heterocycles. The summed E-state index contributed by atoms with van der Waals surface area (Å²) < 4.78 is 11.7. The van der Waals surface area contributed by atoms with Gasteiger partial charge in [0.05, 0.1) is 6.04 Å². The van der Waals surface area contributed by atoms with Crippen molar-refractivity contribution < 1.29 is 18.8 Å². The number of hydrogen-bond donors (Lipinski definition) is 0. The van der Waals surface area contributed by atoms with Crippen molar-refractivity contribution in [3.05, 3.63) is 0 Å². The quantitative estimate of drug-likeness (QED) is 0.536. The molecule has 0 aromatic rings. The Morgan fingerprint density at radius 2 is 1.65 bits per heavy atom. The number of likely N-dealkylation sites (tertiary alicyclic amines) is 1. The minimum Gasteiger partial charge on any atom is -0.443 e. The van der Waals surface area contributed by atoms with Crippen LogP contribution in [0, 0.1) is 5.92 Å². The van der Waals surface area contributed by atoms with Crippen LogP contribution >= 0.6 is 0 Å². The number of imide groups is 1. The predicted molar refractivity (Wildman–Crippen MR) is 93.8 cm³/mol. The lowest BCUT2D eigenvalue weighted by Crippen LogP contribution is -2.71. The Morgan fingerprint density at radius 3 is 2.00 bits per heavy atom. The van der Waals surface area contributed by atoms with Crippen molar-refractivity contribution in [1.29, 1.82) is 0 Å². The van der Waals surface area contributed by atoms with E-state index in [0.717, 1.165) is 18.1 Å². The van der Waals surface area contributed by atoms with Crippen molar-refractivity contribution in [3.63, 3.8) is 0 Å². The van der Waals surface area contributed by atoms with Crippen LogP contribution in [0.15, 0.2) is 0 Å². The number of rotatable bonds is 6. The molecule has 1 heterocycles. The van der Waals surface area contributed by atoms with Crippen molar-refractivity contribution in [3.8, 4) is 0 Å². The number of β-lactam (4-membered cyclic amide) rings is 1. The molecule has 0 unspecified atom stereocenters. The van der Waals surface area contributed by atoms with Crippen molar-refractivity contribution >= 4 is 20.3 Å². The first kappa shape index (κ1) is 20.2. The van der Waals surface area contributed by atoms with Crippen LogP contribution in [0.25, 0.3) is 0 Å². The fourth-order valence-corrected chi connectivity index (χ4v) is 5.82. The maximum Gasteiger partial charge on any atom is 0.417 e. The van der Waals surface area contributed by atoms with Gasteiger partial charge in [0.2, 0.25) is 0 Å². The van der Waals surface area contributed by atoms with Crippen LogP contribution in [0.3, 0.4) is 0 Å². The van der Waals surface area contributed by atoms with Gasteiger partial charge in [-0.3, -0.25) is 4.79 Å². The first-order valence-electron chi connectivity index (χ1n) is 8.75. The monoisotopic (exact) mass is 343 g/mol. The summed E-state index contributed by atoms with van der Waals surface area (Å²) in [6.07, 6.45) is -1.05. The minimum atomic E-state index is -1.89. The van der Waals surface area contributed by atoms with Gasteiger partial charge in [0.1, 0.15) is 11.7 Å². The summed E-state index contributed by atoms with van der Waals surface area (Å²) in [6.45, 7) is 15.8. The van der Waals surface area contributed by atoms with Gasteiger partial charge in [-0.15, -0.1) is 0 Å². The van der Waals surface area contributed by atoms with Gasteiger partial charge in [0.25, 0.3) is 5.91 Å². The highest BCUT2D eigenvalue weighted by molar-refractivity contribution is 6.73. The molecule has 0 aromatic carbocycles. The average Bonchev–Trinajstić information content (AvgIpc) is 2.44. The molecule has 0 spiro atoms. The SMILES string of the molecule is CC[Si](CC)(CC)O[C@H]1C(=O)N(C(=O)OC(C)(C)C)[C@H]1C(C)C. The summed E-state index contributed by atoms with van der Waals surface area (Å²) in [7, 11) is -1.89. The first-order chi connectivity index (χ1) is 10.5. The minimum absolute atomic E-state index is 0.141. The van der Waals surface area contributed by atoms with Crippen LogP contribution in [0.4, 0.5) is 4.79 Å². The third kappa shape index (κ3) is 4.35. The topological polar surface area (TPSA) is 55.8 Å². The van der Waals surface area contributed by atoms with Crippen LogP contribution in [0.5, 0.6) is 0 Å². The molecule has 2 amide bonds. The Hall–Kier alpha value is -0.883. The van der Waals surface area contributed by atoms with E-state index >= 15 is 0 Å². The Morgan fingerprint density at radius 1 is 1.17 bits per heavy atom. The van der Waals surface area contributed by atoms with Crippen LogP contribution in [-0.2, 0) is 14.0 Å². The van der Waals surface area contributed by atoms with E-state index in [0.29, 0.717) is 0 Å². The highest BCUT2D eigenvalue weighted by Crippen LogP contribution is 2.35. The van der Waals surface area contributed by atoms with Gasteiger partial charge in [0.15, 0.2) is 8.32 Å². The Labute approximate surface area is 141 Å². The summed E-state index contributed by atoms with van der Waals surface area (Å²) in [5.74, 6) is -0.104. The second kappa shape index (κ2) is 7.34. The van der Waals surface area contributed by atoms with E-state index in [1.54, 1.807) is 20.8 Å². The van der Waals surface area contributed by atoms with Gasteiger partial charge in [-0.1, -0.05) is 34.6 Å². The predicted octanol–water partition coefficient (Wildman–Crippen LogP) is 4.18. The van der Waals surface area contributed by atoms with Gasteiger partial charge in [0, 0.05) is 0 Å². The number of carbonyl (C=O) groups excluding carboxylic acids is 2. The van der Waals surface area contributed by atoms with Crippen LogP contribution in [-0.4, -0.2) is 43.0 Å². The number of ether oxygens (including phenoxy) is 1. The van der Waals surface area contributed by atoms with Gasteiger partial charge in [-0.2, -0.15) is 0 Å². The molecule has 0 aromatic heterocycles. The molecule has 134 valence electrons. The van der Waals surface area contributed by atoms with Crippen molar-refractivity contribution in [1.82, 2.24) is 4.90 Å². The number of hydrogen-bond acceptors (Lipinski definition) is 4. The van der Waals surface area contributed by atoms with Crippen LogP contribution in [0.1, 0.15) is 55.4 Å². The van der Waals surface area contributed by atoms with Crippen molar-refractivity contribution in [2.75, 3.05) is 0 Å². The Balaban J connectivity index is 2.93. The molecule has 0 bridgehead atoms. The fraction of sp³-hybridized carbons (Fsp3) is 0.882. The second-order valence-corrected chi connectivity index (χ2v) is 12.4. The molecule has 5 nitrogen and oxygen atoms in total. The summed E-state index contributed by atoms with van der Waals surface area (Å²) in [4.78, 5) is 26.1. The van der Waals surface area contributed by atoms with E-state index in [1.807, 2.05) is 13.8 Å². The molecule has 0 N–H and O–H groups in total. The number of amides is 2. The zero-order chi connectivity index (χ0) is 18.0. The molecule has 23 heavy (non-hydrogen) atoms. The smallest absolute Gasteiger partial charge is 0.417 e. The zero-order valence-corrected chi connectivity index (χ0v) is 16.9. The molecule has 1 aliphatic rings. The van der Waals surface area contributed by atoms with Gasteiger partial charge in [-0.25, -0.2) is 9.69 Å². The maximum absolute atomic E-state index is 12.6. The second-order valence-electron chi connectivity index (χ2n) is 7.71. The summed E-state index contributed by atoms with van der Waals surface area (Å²) in [5.41, 5.74) is -0.612. The molecule has 2 atom stereocenters. The lowest BCUT2D eigenvalue weighted by Gasteiger charge is -2.50. The standard InChI is InChI=1S/C17H33NO4Si/c1-9-23(10-2,11-3)22-14-13(12(4)5)18(15(14)19)16(20)21-17(6,7)8/h12-14H,9-11H2,1-8H3/t13-,14+/m0/s1. The third-order valence-corrected chi connectivity index (χ3v) is 9.29. The third-order valence-electron chi connectivity index (χ3n) is 4.67. The summed E-state index contributed by atoms with van der Waals surface area (Å²) in [6, 6.07) is 2.73. The van der Waals surface area contributed by atoms with Crippen molar-refractivity contribution in [2.24, 2.45) is 5.92 Å². The van der Waals surface area contributed by atoms with Crippen LogP contribution < -0.4 is 0 Å². The molecule has 1 saturated heterocycles. The van der Waals surface area contributed by atoms with Crippen molar-refractivity contribution in [2.45, 2.75) is 91.3 Å².